The van der Waals surface area contributed by atoms with Gasteiger partial charge in [-0.1, -0.05) is 36.6 Å². The summed E-state index contributed by atoms with van der Waals surface area (Å²) >= 11 is 0. The smallest absolute Gasteiger partial charge is 0.264 e. The van der Waals surface area contributed by atoms with Crippen molar-refractivity contribution in [2.24, 2.45) is 17.8 Å². The lowest BCUT2D eigenvalue weighted by Gasteiger charge is -2.28. The molecule has 1 aromatic carbocycles. The van der Waals surface area contributed by atoms with Gasteiger partial charge in [0.05, 0.1) is 4.90 Å². The third-order valence-electron chi connectivity index (χ3n) is 5.70. The van der Waals surface area contributed by atoms with Crippen LogP contribution in [0.2, 0.25) is 0 Å². The fourth-order valence-corrected chi connectivity index (χ4v) is 6.12. The van der Waals surface area contributed by atoms with Gasteiger partial charge in [0.15, 0.2) is 0 Å². The van der Waals surface area contributed by atoms with Crippen molar-refractivity contribution in [3.05, 3.63) is 41.6 Å². The molecule has 0 bridgehead atoms. The second kappa shape index (κ2) is 5.12. The quantitative estimate of drug-likeness (QED) is 0.834. The molecule has 3 atom stereocenters. The minimum atomic E-state index is -3.39. The third kappa shape index (κ3) is 2.11. The van der Waals surface area contributed by atoms with Crippen LogP contribution in [-0.2, 0) is 10.0 Å². The number of allylic oxidation sites excluding steroid dienone is 2. The van der Waals surface area contributed by atoms with Crippen LogP contribution in [0.3, 0.4) is 0 Å². The van der Waals surface area contributed by atoms with E-state index in [1.165, 1.54) is 25.7 Å². The molecular weight excluding hydrogens is 294 g/mol. The molecule has 1 aromatic rings. The summed E-state index contributed by atoms with van der Waals surface area (Å²) in [6.45, 7) is 2.63. The Labute approximate surface area is 133 Å². The first-order valence-corrected chi connectivity index (χ1v) is 9.82. The van der Waals surface area contributed by atoms with E-state index in [-0.39, 0.29) is 0 Å². The Morgan fingerprint density at radius 3 is 2.55 bits per heavy atom. The highest BCUT2D eigenvalue weighted by Crippen LogP contribution is 2.51. The maximum Gasteiger partial charge on any atom is 0.264 e. The summed E-state index contributed by atoms with van der Waals surface area (Å²) in [5.41, 5.74) is 2.18. The van der Waals surface area contributed by atoms with Gasteiger partial charge >= 0.3 is 0 Å². The lowest BCUT2D eigenvalue weighted by Crippen LogP contribution is -2.27. The predicted molar refractivity (Wildman–Crippen MR) is 86.7 cm³/mol. The second-order valence-electron chi connectivity index (χ2n) is 6.99. The molecule has 0 unspecified atom stereocenters. The number of benzene rings is 1. The van der Waals surface area contributed by atoms with Crippen molar-refractivity contribution in [1.29, 1.82) is 0 Å². The Bertz CT molecular complexity index is 705. The Balaban J connectivity index is 1.67. The second-order valence-corrected chi connectivity index (χ2v) is 8.85. The van der Waals surface area contributed by atoms with Gasteiger partial charge in [-0.25, -0.2) is 8.42 Å². The summed E-state index contributed by atoms with van der Waals surface area (Å²) < 4.78 is 27.7. The van der Waals surface area contributed by atoms with Crippen LogP contribution in [0.1, 0.15) is 37.7 Å². The summed E-state index contributed by atoms with van der Waals surface area (Å²) in [4.78, 5) is 0.425. The summed E-state index contributed by atoms with van der Waals surface area (Å²) in [6, 6.07) is 7.23. The summed E-state index contributed by atoms with van der Waals surface area (Å²) in [6.07, 6.45) is 8.40. The Morgan fingerprint density at radius 2 is 1.77 bits per heavy atom. The molecule has 2 aliphatic carbocycles. The van der Waals surface area contributed by atoms with Crippen LogP contribution in [0.25, 0.3) is 0 Å². The first-order chi connectivity index (χ1) is 10.6. The zero-order valence-electron chi connectivity index (χ0n) is 13.0. The number of aryl methyl sites for hydroxylation is 1. The fraction of sp³-hybridized carbons (Fsp3) is 0.556. The van der Waals surface area contributed by atoms with E-state index in [1.807, 2.05) is 19.1 Å². The summed E-state index contributed by atoms with van der Waals surface area (Å²) in [5, 5.41) is 0. The highest BCUT2D eigenvalue weighted by atomic mass is 32.2. The molecule has 2 fully saturated rings. The number of hydrogen-bond acceptors (Lipinski definition) is 2. The zero-order valence-corrected chi connectivity index (χ0v) is 13.8. The SMILES string of the molecule is Cc1ccc(S(=O)(=O)N2CC[C@H]3C2=C[C@H]2CCCC[C@@H]23)cc1. The van der Waals surface area contributed by atoms with Gasteiger partial charge in [-0.2, -0.15) is 0 Å². The fourth-order valence-electron chi connectivity index (χ4n) is 4.57. The number of fused-ring (bicyclic) bond motifs is 3. The molecule has 1 aliphatic heterocycles. The maximum absolute atomic E-state index is 13.0. The van der Waals surface area contributed by atoms with Gasteiger partial charge < -0.3 is 0 Å². The average Bonchev–Trinajstić information content (AvgIpc) is 3.06. The summed E-state index contributed by atoms with van der Waals surface area (Å²) in [7, 11) is -3.39. The minimum Gasteiger partial charge on any atom is -0.270 e. The van der Waals surface area contributed by atoms with Crippen LogP contribution in [0.15, 0.2) is 40.9 Å². The van der Waals surface area contributed by atoms with Gasteiger partial charge in [0.25, 0.3) is 10.0 Å². The van der Waals surface area contributed by atoms with Crippen molar-refractivity contribution < 1.29 is 8.42 Å². The average molecular weight is 317 g/mol. The first-order valence-electron chi connectivity index (χ1n) is 8.38. The molecule has 4 heteroatoms. The van der Waals surface area contributed by atoms with Crippen molar-refractivity contribution >= 4 is 10.0 Å². The summed E-state index contributed by atoms with van der Waals surface area (Å²) in [5.74, 6) is 1.79. The molecule has 0 aromatic heterocycles. The van der Waals surface area contributed by atoms with E-state index in [9.17, 15) is 8.42 Å². The normalized spacial score (nSPS) is 30.9. The van der Waals surface area contributed by atoms with Crippen LogP contribution in [0.5, 0.6) is 0 Å². The Hall–Kier alpha value is -1.29. The number of nitrogens with zero attached hydrogens (tertiary/aromatic N) is 1. The number of sulfonamides is 1. The van der Waals surface area contributed by atoms with Crippen LogP contribution >= 0.6 is 0 Å². The largest absolute Gasteiger partial charge is 0.270 e. The van der Waals surface area contributed by atoms with Crippen molar-refractivity contribution in [2.45, 2.75) is 43.9 Å². The molecule has 4 rings (SSSR count). The number of hydrogen-bond donors (Lipinski definition) is 0. The van der Waals surface area contributed by atoms with E-state index in [2.05, 4.69) is 6.08 Å². The van der Waals surface area contributed by atoms with Gasteiger partial charge in [-0.15, -0.1) is 0 Å². The number of rotatable bonds is 2. The molecule has 0 spiro atoms. The van der Waals surface area contributed by atoms with Gasteiger partial charge in [0.1, 0.15) is 0 Å². The van der Waals surface area contributed by atoms with Crippen molar-refractivity contribution in [1.82, 2.24) is 4.31 Å². The molecule has 1 heterocycles. The molecule has 1 saturated heterocycles. The third-order valence-corrected chi connectivity index (χ3v) is 7.54. The van der Waals surface area contributed by atoms with E-state index in [0.717, 1.165) is 17.7 Å². The van der Waals surface area contributed by atoms with E-state index in [0.29, 0.717) is 29.2 Å². The van der Waals surface area contributed by atoms with Crippen LogP contribution in [-0.4, -0.2) is 19.3 Å². The van der Waals surface area contributed by atoms with E-state index < -0.39 is 10.0 Å². The lowest BCUT2D eigenvalue weighted by molar-refractivity contribution is 0.244. The molecule has 3 nitrogen and oxygen atoms in total. The van der Waals surface area contributed by atoms with E-state index in [1.54, 1.807) is 16.4 Å². The highest BCUT2D eigenvalue weighted by Gasteiger charge is 2.46. The molecule has 0 radical (unpaired) electrons. The Kier molecular flexibility index (Phi) is 3.33. The molecular formula is C18H23NO2S. The predicted octanol–water partition coefficient (Wildman–Crippen LogP) is 3.71. The highest BCUT2D eigenvalue weighted by molar-refractivity contribution is 7.89. The van der Waals surface area contributed by atoms with Crippen molar-refractivity contribution in [3.63, 3.8) is 0 Å². The van der Waals surface area contributed by atoms with Gasteiger partial charge in [-0.05, 0) is 50.2 Å². The molecule has 0 N–H and O–H groups in total. The van der Waals surface area contributed by atoms with Crippen LogP contribution in [0.4, 0.5) is 0 Å². The molecule has 22 heavy (non-hydrogen) atoms. The Morgan fingerprint density at radius 1 is 1.05 bits per heavy atom. The standard InChI is InChI=1S/C18H23NO2S/c1-13-6-8-15(9-7-13)22(20,21)19-11-10-17-16-5-3-2-4-14(16)12-18(17)19/h6-9,12,14,16-17H,2-5,10-11H2,1H3/t14-,16+,17-/m1/s1. The minimum absolute atomic E-state index is 0.425. The van der Waals surface area contributed by atoms with Gasteiger partial charge in [-0.3, -0.25) is 4.31 Å². The van der Waals surface area contributed by atoms with Crippen molar-refractivity contribution in [3.8, 4) is 0 Å². The monoisotopic (exact) mass is 317 g/mol. The molecule has 1 saturated carbocycles. The van der Waals surface area contributed by atoms with Gasteiger partial charge in [0, 0.05) is 18.2 Å². The van der Waals surface area contributed by atoms with Gasteiger partial charge in [0.2, 0.25) is 0 Å². The van der Waals surface area contributed by atoms with E-state index in [4.69, 9.17) is 0 Å². The maximum atomic E-state index is 13.0. The zero-order chi connectivity index (χ0) is 15.3. The van der Waals surface area contributed by atoms with Crippen molar-refractivity contribution in [2.75, 3.05) is 6.54 Å². The molecule has 0 amide bonds. The molecule has 3 aliphatic rings. The van der Waals surface area contributed by atoms with Crippen LogP contribution < -0.4 is 0 Å². The van der Waals surface area contributed by atoms with E-state index >= 15 is 0 Å². The lowest BCUT2D eigenvalue weighted by atomic mass is 9.76. The topological polar surface area (TPSA) is 37.4 Å². The molecule has 118 valence electrons. The van der Waals surface area contributed by atoms with Crippen LogP contribution in [0, 0.1) is 24.7 Å². The first kappa shape index (κ1) is 14.3.